The Hall–Kier alpha value is -1.33. The maximum absolute atomic E-state index is 11.7. The number of rotatable bonds is 6. The molecule has 0 aliphatic rings. The first-order chi connectivity index (χ1) is 8.49. The van der Waals surface area contributed by atoms with Gasteiger partial charge < -0.3 is 15.4 Å². The predicted molar refractivity (Wildman–Crippen MR) is 76.0 cm³/mol. The fourth-order valence-electron chi connectivity index (χ4n) is 1.21. The van der Waals surface area contributed by atoms with Gasteiger partial charge in [-0.3, -0.25) is 4.79 Å². The molecule has 0 atom stereocenters. The molecule has 0 unspecified atom stereocenters. The molecular formula is C12H15ClN2O2S. The van der Waals surface area contributed by atoms with Crippen LogP contribution < -0.4 is 10.5 Å². The highest BCUT2D eigenvalue weighted by Gasteiger charge is 2.09. The van der Waals surface area contributed by atoms with Gasteiger partial charge in [0.1, 0.15) is 5.75 Å². The summed E-state index contributed by atoms with van der Waals surface area (Å²) in [5.74, 6) is 0.435. The van der Waals surface area contributed by atoms with Crippen molar-refractivity contribution < 1.29 is 9.53 Å². The van der Waals surface area contributed by atoms with Crippen LogP contribution in [-0.2, 0) is 4.79 Å². The Morgan fingerprint density at radius 2 is 2.28 bits per heavy atom. The molecule has 18 heavy (non-hydrogen) atoms. The lowest BCUT2D eigenvalue weighted by molar-refractivity contribution is -0.131. The minimum absolute atomic E-state index is 0.0336. The van der Waals surface area contributed by atoms with Gasteiger partial charge in [-0.25, -0.2) is 0 Å². The Kier molecular flexibility index (Phi) is 5.88. The number of halogens is 1. The smallest absolute Gasteiger partial charge is 0.260 e. The second-order valence-corrected chi connectivity index (χ2v) is 4.74. The number of amides is 1. The molecule has 0 aromatic heterocycles. The summed E-state index contributed by atoms with van der Waals surface area (Å²) in [4.78, 5) is 13.6. The number of nitrogens with two attached hydrogens (primary N) is 1. The molecular weight excluding hydrogens is 272 g/mol. The van der Waals surface area contributed by atoms with Gasteiger partial charge in [-0.15, -0.1) is 0 Å². The van der Waals surface area contributed by atoms with E-state index in [1.165, 1.54) is 4.90 Å². The van der Waals surface area contributed by atoms with Crippen molar-refractivity contribution in [3.63, 3.8) is 0 Å². The van der Waals surface area contributed by atoms with E-state index >= 15 is 0 Å². The fraction of sp³-hybridized carbons (Fsp3) is 0.333. The van der Waals surface area contributed by atoms with Crippen LogP contribution >= 0.6 is 23.8 Å². The molecule has 1 aromatic carbocycles. The number of carbonyl (C=O) groups excluding carboxylic acids is 1. The van der Waals surface area contributed by atoms with E-state index < -0.39 is 0 Å². The van der Waals surface area contributed by atoms with Gasteiger partial charge in [0, 0.05) is 25.0 Å². The van der Waals surface area contributed by atoms with E-state index in [0.717, 1.165) is 0 Å². The highest BCUT2D eigenvalue weighted by atomic mass is 35.5. The Bertz CT molecular complexity index is 440. The van der Waals surface area contributed by atoms with Crippen molar-refractivity contribution in [2.24, 2.45) is 5.73 Å². The zero-order chi connectivity index (χ0) is 13.5. The van der Waals surface area contributed by atoms with Crippen LogP contribution in [0.25, 0.3) is 0 Å². The van der Waals surface area contributed by atoms with Crippen LogP contribution in [0, 0.1) is 0 Å². The summed E-state index contributed by atoms with van der Waals surface area (Å²) >= 11 is 10.6. The fourth-order valence-corrected chi connectivity index (χ4v) is 1.49. The molecule has 6 heteroatoms. The molecule has 0 spiro atoms. The lowest BCUT2D eigenvalue weighted by Crippen LogP contribution is -2.33. The summed E-state index contributed by atoms with van der Waals surface area (Å²) in [6, 6.07) is 6.90. The average Bonchev–Trinajstić information content (AvgIpc) is 2.33. The molecule has 0 aliphatic heterocycles. The molecule has 98 valence electrons. The zero-order valence-electron chi connectivity index (χ0n) is 10.1. The first kappa shape index (κ1) is 14.7. The number of carbonyl (C=O) groups is 1. The normalized spacial score (nSPS) is 9.89. The summed E-state index contributed by atoms with van der Waals surface area (Å²) in [6.45, 7) is 0.460. The molecule has 1 aromatic rings. The first-order valence-corrected chi connectivity index (χ1v) is 6.18. The van der Waals surface area contributed by atoms with Crippen LogP contribution in [0.1, 0.15) is 6.42 Å². The second-order valence-electron chi connectivity index (χ2n) is 3.78. The highest BCUT2D eigenvalue weighted by Crippen LogP contribution is 2.16. The van der Waals surface area contributed by atoms with E-state index in [2.05, 4.69) is 0 Å². The minimum Gasteiger partial charge on any atom is -0.484 e. The van der Waals surface area contributed by atoms with Crippen LogP contribution in [0.5, 0.6) is 5.75 Å². The third-order valence-corrected chi connectivity index (χ3v) is 2.72. The number of ether oxygens (including phenoxy) is 1. The van der Waals surface area contributed by atoms with Gasteiger partial charge in [-0.1, -0.05) is 29.9 Å². The molecule has 0 radical (unpaired) electrons. The molecule has 1 rings (SSSR count). The lowest BCUT2D eigenvalue weighted by Gasteiger charge is -2.17. The van der Waals surface area contributed by atoms with Crippen molar-refractivity contribution in [2.75, 3.05) is 20.2 Å². The van der Waals surface area contributed by atoms with E-state index in [-0.39, 0.29) is 12.5 Å². The van der Waals surface area contributed by atoms with E-state index in [0.29, 0.717) is 28.7 Å². The SMILES string of the molecule is CN(CCC(N)=S)C(=O)COc1cccc(Cl)c1. The Morgan fingerprint density at radius 3 is 2.89 bits per heavy atom. The zero-order valence-corrected chi connectivity index (χ0v) is 11.6. The summed E-state index contributed by atoms with van der Waals surface area (Å²) < 4.78 is 5.34. The number of likely N-dealkylation sites (N-methyl/N-ethyl adjacent to an activating group) is 1. The average molecular weight is 287 g/mol. The third kappa shape index (κ3) is 5.33. The van der Waals surface area contributed by atoms with Crippen LogP contribution in [0.15, 0.2) is 24.3 Å². The third-order valence-electron chi connectivity index (χ3n) is 2.28. The molecule has 1 amide bonds. The molecule has 0 heterocycles. The standard InChI is InChI=1S/C12H15ClN2O2S/c1-15(6-5-11(14)18)12(16)8-17-10-4-2-3-9(13)7-10/h2-4,7H,5-6,8H2,1H3,(H2,14,18). The number of benzene rings is 1. The predicted octanol–water partition coefficient (Wildman–Crippen LogP) is 1.85. The molecule has 0 saturated carbocycles. The Morgan fingerprint density at radius 1 is 1.56 bits per heavy atom. The van der Waals surface area contributed by atoms with E-state index in [1.807, 2.05) is 0 Å². The summed E-state index contributed by atoms with van der Waals surface area (Å²) in [5, 5.41) is 0.571. The Balaban J connectivity index is 2.38. The topological polar surface area (TPSA) is 55.6 Å². The van der Waals surface area contributed by atoms with Crippen LogP contribution in [0.2, 0.25) is 5.02 Å². The molecule has 0 aliphatic carbocycles. The van der Waals surface area contributed by atoms with E-state index in [9.17, 15) is 4.79 Å². The molecule has 2 N–H and O–H groups in total. The Labute approximate surface area is 117 Å². The monoisotopic (exact) mass is 286 g/mol. The summed E-state index contributed by atoms with van der Waals surface area (Å²) in [6.07, 6.45) is 0.509. The van der Waals surface area contributed by atoms with Crippen molar-refractivity contribution in [2.45, 2.75) is 6.42 Å². The van der Waals surface area contributed by atoms with Gasteiger partial charge >= 0.3 is 0 Å². The lowest BCUT2D eigenvalue weighted by atomic mass is 10.3. The van der Waals surface area contributed by atoms with Gasteiger partial charge in [0.25, 0.3) is 5.91 Å². The summed E-state index contributed by atoms with van der Waals surface area (Å²) in [5.41, 5.74) is 5.37. The van der Waals surface area contributed by atoms with Crippen molar-refractivity contribution >= 4 is 34.7 Å². The first-order valence-electron chi connectivity index (χ1n) is 5.39. The number of thiocarbonyl (C=S) groups is 1. The van der Waals surface area contributed by atoms with Crippen LogP contribution in [0.3, 0.4) is 0 Å². The van der Waals surface area contributed by atoms with Crippen molar-refractivity contribution in [1.29, 1.82) is 0 Å². The van der Waals surface area contributed by atoms with Gasteiger partial charge in [-0.2, -0.15) is 0 Å². The second kappa shape index (κ2) is 7.18. The van der Waals surface area contributed by atoms with Gasteiger partial charge in [-0.05, 0) is 18.2 Å². The van der Waals surface area contributed by atoms with Crippen LogP contribution in [0.4, 0.5) is 0 Å². The van der Waals surface area contributed by atoms with E-state index in [1.54, 1.807) is 31.3 Å². The van der Waals surface area contributed by atoms with Crippen LogP contribution in [-0.4, -0.2) is 36.0 Å². The van der Waals surface area contributed by atoms with Gasteiger partial charge in [0.05, 0.1) is 4.99 Å². The maximum Gasteiger partial charge on any atom is 0.260 e. The quantitative estimate of drug-likeness (QED) is 0.811. The van der Waals surface area contributed by atoms with Gasteiger partial charge in [0.15, 0.2) is 6.61 Å². The maximum atomic E-state index is 11.7. The number of nitrogens with zero attached hydrogens (tertiary/aromatic N) is 1. The van der Waals surface area contributed by atoms with Gasteiger partial charge in [0.2, 0.25) is 0 Å². The van der Waals surface area contributed by atoms with Crippen molar-refractivity contribution in [3.05, 3.63) is 29.3 Å². The molecule has 0 saturated heterocycles. The van der Waals surface area contributed by atoms with Crippen molar-refractivity contribution in [3.8, 4) is 5.75 Å². The number of hydrogen-bond acceptors (Lipinski definition) is 3. The largest absolute Gasteiger partial charge is 0.484 e. The molecule has 0 fully saturated rings. The number of hydrogen-bond donors (Lipinski definition) is 1. The molecule has 4 nitrogen and oxygen atoms in total. The molecule has 0 bridgehead atoms. The highest BCUT2D eigenvalue weighted by molar-refractivity contribution is 7.80. The summed E-state index contributed by atoms with van der Waals surface area (Å²) in [7, 11) is 1.68. The van der Waals surface area contributed by atoms with E-state index in [4.69, 9.17) is 34.3 Å². The minimum atomic E-state index is -0.133. The van der Waals surface area contributed by atoms with Crippen molar-refractivity contribution in [1.82, 2.24) is 4.90 Å².